The zero-order valence-electron chi connectivity index (χ0n) is 29.1. The Bertz CT molecular complexity index is 1740. The quantitative estimate of drug-likeness (QED) is 0.152. The van der Waals surface area contributed by atoms with Gasteiger partial charge in [-0.3, -0.25) is 19.2 Å². The lowest BCUT2D eigenvalue weighted by atomic mass is 10.0. The van der Waals surface area contributed by atoms with E-state index in [4.69, 9.17) is 0 Å². The van der Waals surface area contributed by atoms with Gasteiger partial charge in [-0.2, -0.15) is 4.99 Å². The molecule has 51 heavy (non-hydrogen) atoms. The first-order valence-corrected chi connectivity index (χ1v) is 17.2. The summed E-state index contributed by atoms with van der Waals surface area (Å²) in [6.45, 7) is 4.57. The Hall–Kier alpha value is -5.72. The number of methoxy groups -OCH3 is 1. The summed E-state index contributed by atoms with van der Waals surface area (Å²) in [5.41, 5.74) is 3.02. The molecule has 0 radical (unpaired) electrons. The molecule has 3 atom stereocenters. The van der Waals surface area contributed by atoms with Gasteiger partial charge in [0.1, 0.15) is 18.1 Å². The molecule has 0 aromatic heterocycles. The fraction of sp³-hybridized carbons (Fsp3) is 0.368. The van der Waals surface area contributed by atoms with Gasteiger partial charge in [0.2, 0.25) is 29.3 Å². The highest BCUT2D eigenvalue weighted by atomic mass is 16.5. The van der Waals surface area contributed by atoms with E-state index >= 15 is 0 Å². The van der Waals surface area contributed by atoms with E-state index in [-0.39, 0.29) is 41.9 Å². The third kappa shape index (κ3) is 9.30. The molecule has 13 heteroatoms. The molecule has 3 aromatic carbocycles. The minimum atomic E-state index is -0.823. The fourth-order valence-electron chi connectivity index (χ4n) is 6.40. The lowest BCUT2D eigenvalue weighted by Crippen LogP contribution is -2.66. The van der Waals surface area contributed by atoms with Crippen molar-refractivity contribution in [3.05, 3.63) is 90.0 Å². The van der Waals surface area contributed by atoms with E-state index in [0.717, 1.165) is 12.0 Å². The number of nitrogens with zero attached hydrogens (tertiary/aromatic N) is 2. The van der Waals surface area contributed by atoms with Crippen LogP contribution < -0.4 is 20.9 Å². The normalized spacial score (nSPS) is 17.9. The zero-order valence-corrected chi connectivity index (χ0v) is 29.1. The predicted octanol–water partition coefficient (Wildman–Crippen LogP) is 2.89. The summed E-state index contributed by atoms with van der Waals surface area (Å²) >= 11 is 0. The largest absolute Gasteiger partial charge is 0.459 e. The second-order valence-electron chi connectivity index (χ2n) is 13.1. The van der Waals surface area contributed by atoms with Gasteiger partial charge in [0, 0.05) is 36.6 Å². The molecule has 3 aromatic rings. The van der Waals surface area contributed by atoms with Gasteiger partial charge in [0.05, 0.1) is 19.1 Å². The second kappa shape index (κ2) is 16.8. The van der Waals surface area contributed by atoms with E-state index in [9.17, 15) is 29.1 Å². The van der Waals surface area contributed by atoms with Gasteiger partial charge in [0.25, 0.3) is 0 Å². The molecular weight excluding hydrogens is 652 g/mol. The summed E-state index contributed by atoms with van der Waals surface area (Å²) in [5.74, 6) is -1.31. The van der Waals surface area contributed by atoms with Crippen molar-refractivity contribution in [2.24, 2.45) is 5.92 Å². The molecule has 2 aliphatic rings. The number of likely N-dealkylation sites (tertiary alicyclic amines) is 2. The third-order valence-corrected chi connectivity index (χ3v) is 9.15. The van der Waals surface area contributed by atoms with Gasteiger partial charge in [-0.1, -0.05) is 44.2 Å². The van der Waals surface area contributed by atoms with Crippen LogP contribution in [0.15, 0.2) is 78.9 Å². The fourth-order valence-corrected chi connectivity index (χ4v) is 6.40. The number of hydrogen-bond donors (Lipinski definition) is 5. The van der Waals surface area contributed by atoms with E-state index in [1.165, 1.54) is 12.0 Å². The molecule has 0 bridgehead atoms. The summed E-state index contributed by atoms with van der Waals surface area (Å²) in [6.07, 6.45) is 2.06. The van der Waals surface area contributed by atoms with Crippen LogP contribution in [-0.4, -0.2) is 88.9 Å². The zero-order chi connectivity index (χ0) is 36.5. The number of nitrogens with one attached hydrogen (secondary N) is 4. The van der Waals surface area contributed by atoms with Crippen LogP contribution in [0.2, 0.25) is 0 Å². The second-order valence-corrected chi connectivity index (χ2v) is 13.1. The van der Waals surface area contributed by atoms with E-state index in [0.29, 0.717) is 55.0 Å². The molecule has 2 heterocycles. The summed E-state index contributed by atoms with van der Waals surface area (Å²) in [7, 11) is 1.23. The molecule has 268 valence electrons. The maximum atomic E-state index is 13.3. The first-order valence-electron chi connectivity index (χ1n) is 17.2. The van der Waals surface area contributed by atoms with E-state index in [1.54, 1.807) is 53.4 Å². The highest BCUT2D eigenvalue weighted by Gasteiger charge is 2.39. The van der Waals surface area contributed by atoms with Crippen molar-refractivity contribution in [3.63, 3.8) is 0 Å². The number of anilines is 2. The molecule has 2 saturated heterocycles. The molecular formula is C38H45N6O7+. The first kappa shape index (κ1) is 36.6. The Labute approximate surface area is 297 Å². The third-order valence-electron chi connectivity index (χ3n) is 9.15. The van der Waals surface area contributed by atoms with Crippen LogP contribution >= 0.6 is 0 Å². The number of alkyl carbamates (subject to hydrolysis) is 1. The van der Waals surface area contributed by atoms with Gasteiger partial charge >= 0.3 is 12.0 Å². The molecule has 13 nitrogen and oxygen atoms in total. The Morgan fingerprint density at radius 2 is 1.35 bits per heavy atom. The minimum absolute atomic E-state index is 0.0709. The van der Waals surface area contributed by atoms with E-state index < -0.39 is 24.2 Å². The van der Waals surface area contributed by atoms with Crippen LogP contribution in [0.4, 0.5) is 21.9 Å². The van der Waals surface area contributed by atoms with Crippen molar-refractivity contribution in [1.29, 1.82) is 0 Å². The maximum absolute atomic E-state index is 13.3. The highest BCUT2D eigenvalue weighted by molar-refractivity contribution is 5.99. The van der Waals surface area contributed by atoms with Crippen molar-refractivity contribution in [2.45, 2.75) is 64.1 Å². The average molecular weight is 698 g/mol. The van der Waals surface area contributed by atoms with Gasteiger partial charge in [0.15, 0.2) is 0 Å². The molecule has 0 spiro atoms. The van der Waals surface area contributed by atoms with Crippen molar-refractivity contribution in [2.75, 3.05) is 30.8 Å². The number of rotatable bonds is 11. The van der Waals surface area contributed by atoms with Crippen molar-refractivity contribution < 1.29 is 38.8 Å². The smallest absolute Gasteiger partial charge is 0.407 e. The summed E-state index contributed by atoms with van der Waals surface area (Å²) in [4.78, 5) is 70.5. The number of carbonyl (C=O) groups is 5. The summed E-state index contributed by atoms with van der Waals surface area (Å²) in [6, 6.07) is 20.9. The minimum Gasteiger partial charge on any atom is -0.459 e. The van der Waals surface area contributed by atoms with E-state index in [2.05, 4.69) is 25.7 Å². The number of ether oxygens (including phenoxy) is 1. The van der Waals surface area contributed by atoms with Crippen LogP contribution in [0.25, 0.3) is 0 Å². The van der Waals surface area contributed by atoms with Crippen LogP contribution in [0.5, 0.6) is 0 Å². The van der Waals surface area contributed by atoms with E-state index in [1.807, 2.05) is 44.2 Å². The van der Waals surface area contributed by atoms with Gasteiger partial charge in [-0.05, 0) is 73.6 Å². The molecule has 5 N–H and O–H groups in total. The number of hydrogen-bond acceptors (Lipinski definition) is 6. The Morgan fingerprint density at radius 3 is 1.92 bits per heavy atom. The van der Waals surface area contributed by atoms with Crippen molar-refractivity contribution in [1.82, 2.24) is 15.1 Å². The Kier molecular flexibility index (Phi) is 12.0. The molecule has 0 saturated carbocycles. The number of amides is 5. The molecule has 5 amide bonds. The molecule has 2 fully saturated rings. The van der Waals surface area contributed by atoms with Crippen LogP contribution in [-0.2, 0) is 30.3 Å². The summed E-state index contributed by atoms with van der Waals surface area (Å²) in [5, 5.41) is 19.1. The topological polar surface area (TPSA) is 171 Å². The number of aliphatic hydroxyl groups is 1. The molecule has 0 unspecified atom stereocenters. The Morgan fingerprint density at radius 1 is 0.804 bits per heavy atom. The highest BCUT2D eigenvalue weighted by Crippen LogP contribution is 2.23. The molecule has 5 rings (SSSR count). The number of aliphatic hydroxyl groups excluding tert-OH is 1. The average Bonchev–Trinajstić information content (AvgIpc) is 3.83. The van der Waals surface area contributed by atoms with Gasteiger partial charge in [-0.15, -0.1) is 0 Å². The Balaban J connectivity index is 1.15. The molecule has 0 aliphatic carbocycles. The summed E-state index contributed by atoms with van der Waals surface area (Å²) < 4.78 is 4.66. The van der Waals surface area contributed by atoms with Crippen LogP contribution in [0.3, 0.4) is 0 Å². The number of carbonyl (C=O) groups excluding carboxylic acids is 5. The lowest BCUT2D eigenvalue weighted by molar-refractivity contribution is -0.364. The van der Waals surface area contributed by atoms with Crippen LogP contribution in [0, 0.1) is 5.92 Å². The van der Waals surface area contributed by atoms with Crippen molar-refractivity contribution in [3.8, 4) is 0 Å². The van der Waals surface area contributed by atoms with Crippen molar-refractivity contribution >= 4 is 52.7 Å². The standard InChI is InChI=1S/C38H44N6O7/c1-24(2)33(42-38(50)51-3)37(49)44-22-8-12-31(44)36(48)40-27-15-13-26(14-16-27)34(46)39-28-17-19-29(20-18-28)41-35(47)30-11-7-21-43(30)32(45)23-25-9-5-4-6-10-25/h4-6,9-10,13-20,24,30-31,33H,7-8,11-12,21-23H2,1-3H3,(H,39,46)(H,40,48)(H,41,47)(H,42,50)/p+1/t30-,31-,33-/m0/s1. The molecule has 2 aliphatic heterocycles. The predicted molar refractivity (Wildman–Crippen MR) is 191 cm³/mol. The van der Waals surface area contributed by atoms with Gasteiger partial charge in [-0.25, -0.2) is 4.79 Å². The lowest BCUT2D eigenvalue weighted by Gasteiger charge is -2.30. The number of benzene rings is 3. The SMILES string of the molecule is COC(=O)N[C@H](C(=O)N1CCC[C@H]1C(=O)Nc1ccc(C(O)=[NH+]c2ccc(NC(=O)[C@@H]3CCCN3C(=O)Cc3ccccc3)cc2)cc1)C(C)C. The monoisotopic (exact) mass is 697 g/mol. The first-order chi connectivity index (χ1) is 24.5. The maximum Gasteiger partial charge on any atom is 0.407 e. The van der Waals surface area contributed by atoms with Crippen LogP contribution in [0.1, 0.15) is 50.7 Å². The van der Waals surface area contributed by atoms with Gasteiger partial charge < -0.3 is 35.6 Å².